The fourth-order valence-electron chi connectivity index (χ4n) is 2.76. The van der Waals surface area contributed by atoms with Gasteiger partial charge in [-0.2, -0.15) is 0 Å². The first-order valence-corrected chi connectivity index (χ1v) is 9.13. The highest BCUT2D eigenvalue weighted by Crippen LogP contribution is 2.24. The molecule has 0 spiro atoms. The van der Waals surface area contributed by atoms with Crippen LogP contribution in [0.25, 0.3) is 16.2 Å². The van der Waals surface area contributed by atoms with Crippen molar-refractivity contribution < 1.29 is 9.18 Å². The molecule has 1 N–H and O–H groups in total. The number of carbonyl (C=O) groups excluding carboxylic acids is 1. The highest BCUT2D eigenvalue weighted by Gasteiger charge is 2.11. The van der Waals surface area contributed by atoms with Gasteiger partial charge < -0.3 is 5.32 Å². The van der Waals surface area contributed by atoms with E-state index in [9.17, 15) is 9.18 Å². The number of nitrogens with one attached hydrogen (secondary N) is 1. The van der Waals surface area contributed by atoms with Crippen LogP contribution in [0.2, 0.25) is 0 Å². The SMILES string of the molecule is O=C(CCc1csc2nc(-c3ccccc3)cn12)Nc1ccc(F)cc1. The van der Waals surface area contributed by atoms with Gasteiger partial charge in [0.2, 0.25) is 5.91 Å². The van der Waals surface area contributed by atoms with Crippen molar-refractivity contribution in [3.05, 3.63) is 77.7 Å². The molecule has 0 aliphatic heterocycles. The van der Waals surface area contributed by atoms with E-state index in [2.05, 4.69) is 10.3 Å². The Balaban J connectivity index is 1.45. The normalized spacial score (nSPS) is 11.0. The molecule has 0 aliphatic carbocycles. The van der Waals surface area contributed by atoms with Gasteiger partial charge in [-0.05, 0) is 30.7 Å². The van der Waals surface area contributed by atoms with Gasteiger partial charge in [-0.25, -0.2) is 9.37 Å². The van der Waals surface area contributed by atoms with Crippen molar-refractivity contribution in [2.75, 3.05) is 5.32 Å². The summed E-state index contributed by atoms with van der Waals surface area (Å²) in [6.45, 7) is 0. The van der Waals surface area contributed by atoms with Gasteiger partial charge in [-0.15, -0.1) is 11.3 Å². The highest BCUT2D eigenvalue weighted by molar-refractivity contribution is 7.15. The number of benzene rings is 2. The average molecular weight is 365 g/mol. The van der Waals surface area contributed by atoms with Crippen molar-refractivity contribution in [2.24, 2.45) is 0 Å². The Morgan fingerprint density at radius 1 is 1.12 bits per heavy atom. The number of aryl methyl sites for hydroxylation is 1. The molecule has 0 saturated heterocycles. The number of fused-ring (bicyclic) bond motifs is 1. The topological polar surface area (TPSA) is 46.4 Å². The van der Waals surface area contributed by atoms with Crippen molar-refractivity contribution in [3.63, 3.8) is 0 Å². The van der Waals surface area contributed by atoms with Crippen LogP contribution in [0.4, 0.5) is 10.1 Å². The van der Waals surface area contributed by atoms with Gasteiger partial charge in [0.1, 0.15) is 5.82 Å². The molecule has 0 fully saturated rings. The Hall–Kier alpha value is -2.99. The molecule has 0 bridgehead atoms. The Kier molecular flexibility index (Phi) is 4.50. The van der Waals surface area contributed by atoms with Crippen molar-refractivity contribution in [1.29, 1.82) is 0 Å². The summed E-state index contributed by atoms with van der Waals surface area (Å²) in [5.74, 6) is -0.419. The van der Waals surface area contributed by atoms with Crippen LogP contribution < -0.4 is 5.32 Å². The zero-order chi connectivity index (χ0) is 17.9. The summed E-state index contributed by atoms with van der Waals surface area (Å²) in [4.78, 5) is 17.7. The van der Waals surface area contributed by atoms with Crippen molar-refractivity contribution >= 4 is 27.9 Å². The molecular weight excluding hydrogens is 349 g/mol. The number of halogens is 1. The van der Waals surface area contributed by atoms with Gasteiger partial charge in [0.25, 0.3) is 0 Å². The summed E-state index contributed by atoms with van der Waals surface area (Å²) in [7, 11) is 0. The summed E-state index contributed by atoms with van der Waals surface area (Å²) < 4.78 is 15.0. The number of hydrogen-bond donors (Lipinski definition) is 1. The van der Waals surface area contributed by atoms with Crippen LogP contribution in [0.1, 0.15) is 12.1 Å². The number of rotatable bonds is 5. The van der Waals surface area contributed by atoms with Gasteiger partial charge in [-0.1, -0.05) is 30.3 Å². The number of carbonyl (C=O) groups is 1. The maximum absolute atomic E-state index is 12.9. The lowest BCUT2D eigenvalue weighted by Gasteiger charge is -2.05. The van der Waals surface area contributed by atoms with Gasteiger partial charge >= 0.3 is 0 Å². The number of anilines is 1. The first-order valence-electron chi connectivity index (χ1n) is 8.25. The third-order valence-electron chi connectivity index (χ3n) is 4.09. The monoisotopic (exact) mass is 365 g/mol. The van der Waals surface area contributed by atoms with Gasteiger partial charge in [0, 0.05) is 34.9 Å². The molecule has 0 atom stereocenters. The Labute approximate surface area is 153 Å². The largest absolute Gasteiger partial charge is 0.326 e. The van der Waals surface area contributed by atoms with Crippen LogP contribution in [0.5, 0.6) is 0 Å². The van der Waals surface area contributed by atoms with Crippen LogP contribution in [0, 0.1) is 5.82 Å². The van der Waals surface area contributed by atoms with Crippen LogP contribution in [-0.2, 0) is 11.2 Å². The Morgan fingerprint density at radius 3 is 2.65 bits per heavy atom. The lowest BCUT2D eigenvalue weighted by molar-refractivity contribution is -0.116. The molecule has 2 aromatic carbocycles. The third-order valence-corrected chi connectivity index (χ3v) is 4.98. The predicted octanol–water partition coefficient (Wildman–Crippen LogP) is 4.77. The average Bonchev–Trinajstić information content (AvgIpc) is 3.24. The highest BCUT2D eigenvalue weighted by atomic mass is 32.1. The standard InChI is InChI=1S/C20H16FN3OS/c21-15-6-8-16(9-7-15)22-19(25)11-10-17-13-26-20-23-18(12-24(17)20)14-4-2-1-3-5-14/h1-9,12-13H,10-11H2,(H,22,25). The number of nitrogens with zero attached hydrogens (tertiary/aromatic N) is 2. The van der Waals surface area contributed by atoms with Gasteiger partial charge in [-0.3, -0.25) is 9.20 Å². The molecule has 130 valence electrons. The lowest BCUT2D eigenvalue weighted by atomic mass is 10.2. The van der Waals surface area contributed by atoms with E-state index < -0.39 is 0 Å². The van der Waals surface area contributed by atoms with E-state index in [-0.39, 0.29) is 11.7 Å². The summed E-state index contributed by atoms with van der Waals surface area (Å²) in [5, 5.41) is 4.81. The molecule has 6 heteroatoms. The second kappa shape index (κ2) is 7.09. The molecule has 0 unspecified atom stereocenters. The van der Waals surface area contributed by atoms with E-state index in [1.165, 1.54) is 12.1 Å². The number of thiazole rings is 1. The molecule has 4 rings (SSSR count). The van der Waals surface area contributed by atoms with E-state index in [4.69, 9.17) is 0 Å². The van der Waals surface area contributed by atoms with Crippen LogP contribution in [0.15, 0.2) is 66.2 Å². The molecule has 2 heterocycles. The van der Waals surface area contributed by atoms with E-state index in [1.807, 2.05) is 46.3 Å². The molecule has 4 aromatic rings. The van der Waals surface area contributed by atoms with Crippen molar-refractivity contribution in [3.8, 4) is 11.3 Å². The molecule has 0 aliphatic rings. The van der Waals surface area contributed by atoms with Gasteiger partial charge in [0.15, 0.2) is 4.96 Å². The minimum atomic E-state index is -0.321. The maximum atomic E-state index is 12.9. The predicted molar refractivity (Wildman–Crippen MR) is 102 cm³/mol. The summed E-state index contributed by atoms with van der Waals surface area (Å²) in [5.41, 5.74) is 3.65. The fourth-order valence-corrected chi connectivity index (χ4v) is 3.66. The maximum Gasteiger partial charge on any atom is 0.224 e. The smallest absolute Gasteiger partial charge is 0.224 e. The fraction of sp³-hybridized carbons (Fsp3) is 0.100. The van der Waals surface area contributed by atoms with E-state index in [1.54, 1.807) is 23.5 Å². The lowest BCUT2D eigenvalue weighted by Crippen LogP contribution is -2.12. The Bertz CT molecular complexity index is 1040. The second-order valence-corrected chi connectivity index (χ2v) is 6.76. The van der Waals surface area contributed by atoms with E-state index in [0.29, 0.717) is 18.5 Å². The van der Waals surface area contributed by atoms with Crippen LogP contribution in [-0.4, -0.2) is 15.3 Å². The van der Waals surface area contributed by atoms with Crippen molar-refractivity contribution in [2.45, 2.75) is 12.8 Å². The Morgan fingerprint density at radius 2 is 1.88 bits per heavy atom. The number of amides is 1. The summed E-state index contributed by atoms with van der Waals surface area (Å²) >= 11 is 1.57. The number of hydrogen-bond acceptors (Lipinski definition) is 3. The quantitative estimate of drug-likeness (QED) is 0.554. The molecule has 26 heavy (non-hydrogen) atoms. The zero-order valence-corrected chi connectivity index (χ0v) is 14.7. The van der Waals surface area contributed by atoms with E-state index >= 15 is 0 Å². The molecular formula is C20H16FN3OS. The molecule has 2 aromatic heterocycles. The van der Waals surface area contributed by atoms with Crippen LogP contribution >= 0.6 is 11.3 Å². The number of imidazole rings is 1. The number of aromatic nitrogens is 2. The molecule has 1 amide bonds. The summed E-state index contributed by atoms with van der Waals surface area (Å²) in [6.07, 6.45) is 2.97. The first kappa shape index (κ1) is 16.5. The van der Waals surface area contributed by atoms with Crippen molar-refractivity contribution in [1.82, 2.24) is 9.38 Å². The third kappa shape index (κ3) is 3.50. The molecule has 0 radical (unpaired) electrons. The van der Waals surface area contributed by atoms with E-state index in [0.717, 1.165) is 21.9 Å². The van der Waals surface area contributed by atoms with Gasteiger partial charge in [0.05, 0.1) is 5.69 Å². The summed E-state index contributed by atoms with van der Waals surface area (Å²) in [6, 6.07) is 15.8. The second-order valence-electron chi connectivity index (χ2n) is 5.93. The zero-order valence-electron chi connectivity index (χ0n) is 13.9. The first-order chi connectivity index (χ1) is 12.7. The minimum absolute atomic E-state index is 0.0978. The molecule has 0 saturated carbocycles. The minimum Gasteiger partial charge on any atom is -0.326 e. The van der Waals surface area contributed by atoms with Crippen LogP contribution in [0.3, 0.4) is 0 Å². The molecule has 4 nitrogen and oxygen atoms in total.